The van der Waals surface area contributed by atoms with Crippen LogP contribution in [0.3, 0.4) is 0 Å². The van der Waals surface area contributed by atoms with Gasteiger partial charge in [0, 0.05) is 12.2 Å². The highest BCUT2D eigenvalue weighted by atomic mass is 35.5. The highest BCUT2D eigenvalue weighted by molar-refractivity contribution is 6.34. The molecule has 6 heteroatoms. The number of carbonyl (C=O) groups excluding carboxylic acids is 1. The smallest absolute Gasteiger partial charge is 0.214 e. The molecule has 0 radical (unpaired) electrons. The molecule has 0 aliphatic rings. The number of anilines is 1. The monoisotopic (exact) mass is 293 g/mol. The summed E-state index contributed by atoms with van der Waals surface area (Å²) < 4.78 is 6.72. The third kappa shape index (κ3) is 2.63. The fraction of sp³-hybridized carbons (Fsp3) is 0.286. The largest absolute Gasteiger partial charge is 0.497 e. The lowest BCUT2D eigenvalue weighted by molar-refractivity contribution is 0.102. The van der Waals surface area contributed by atoms with Crippen molar-refractivity contribution in [1.82, 2.24) is 9.78 Å². The Labute approximate surface area is 122 Å². The van der Waals surface area contributed by atoms with Crippen molar-refractivity contribution >= 4 is 23.1 Å². The lowest BCUT2D eigenvalue weighted by Gasteiger charge is -2.09. The van der Waals surface area contributed by atoms with Crippen molar-refractivity contribution in [3.05, 3.63) is 40.7 Å². The summed E-state index contributed by atoms with van der Waals surface area (Å²) in [5.74, 6) is 0.317. The number of hydrogen-bond donors (Lipinski definition) is 1. The van der Waals surface area contributed by atoms with E-state index < -0.39 is 0 Å². The van der Waals surface area contributed by atoms with E-state index in [0.717, 1.165) is 6.42 Å². The van der Waals surface area contributed by atoms with Gasteiger partial charge >= 0.3 is 0 Å². The predicted molar refractivity (Wildman–Crippen MR) is 78.4 cm³/mol. The first-order valence-electron chi connectivity index (χ1n) is 6.28. The van der Waals surface area contributed by atoms with Crippen LogP contribution in [0.15, 0.2) is 24.4 Å². The summed E-state index contributed by atoms with van der Waals surface area (Å²) in [6, 6.07) is 4.95. The minimum Gasteiger partial charge on any atom is -0.497 e. The molecule has 0 bridgehead atoms. The van der Waals surface area contributed by atoms with Crippen molar-refractivity contribution in [2.75, 3.05) is 12.8 Å². The minimum atomic E-state index is -0.252. The summed E-state index contributed by atoms with van der Waals surface area (Å²) in [5, 5.41) is 4.44. The molecule has 1 aromatic heterocycles. The van der Waals surface area contributed by atoms with E-state index in [-0.39, 0.29) is 5.78 Å². The molecule has 1 aromatic carbocycles. The molecule has 0 unspecified atom stereocenters. The summed E-state index contributed by atoms with van der Waals surface area (Å²) in [4.78, 5) is 12.6. The maximum Gasteiger partial charge on any atom is 0.214 e. The first kappa shape index (κ1) is 14.4. The second kappa shape index (κ2) is 5.96. The van der Waals surface area contributed by atoms with E-state index in [9.17, 15) is 4.79 Å². The number of halogens is 1. The second-order valence-corrected chi connectivity index (χ2v) is 4.75. The fourth-order valence-electron chi connectivity index (χ4n) is 1.96. The van der Waals surface area contributed by atoms with E-state index in [4.69, 9.17) is 22.1 Å². The number of methoxy groups -OCH3 is 1. The number of nitrogens with zero attached hydrogens (tertiary/aromatic N) is 2. The standard InChI is InChI=1S/C14H16ClN3O2/c1-3-6-18-13(11(15)8-17-18)14(19)10-7-9(20-2)4-5-12(10)16/h4-5,7-8H,3,6,16H2,1-2H3. The third-order valence-corrected chi connectivity index (χ3v) is 3.23. The van der Waals surface area contributed by atoms with Gasteiger partial charge in [-0.2, -0.15) is 5.10 Å². The van der Waals surface area contributed by atoms with Gasteiger partial charge < -0.3 is 10.5 Å². The van der Waals surface area contributed by atoms with Crippen LogP contribution in [0.5, 0.6) is 5.75 Å². The van der Waals surface area contributed by atoms with Crippen LogP contribution in [-0.2, 0) is 6.54 Å². The Bertz CT molecular complexity index is 637. The average molecular weight is 294 g/mol. The fourth-order valence-corrected chi connectivity index (χ4v) is 2.18. The number of nitrogen functional groups attached to an aromatic ring is 1. The van der Waals surface area contributed by atoms with Crippen molar-refractivity contribution in [1.29, 1.82) is 0 Å². The van der Waals surface area contributed by atoms with Gasteiger partial charge in [0.2, 0.25) is 5.78 Å². The number of aryl methyl sites for hydroxylation is 1. The molecule has 106 valence electrons. The molecule has 0 spiro atoms. The lowest BCUT2D eigenvalue weighted by Crippen LogP contribution is -2.13. The van der Waals surface area contributed by atoms with Crippen LogP contribution in [0, 0.1) is 0 Å². The van der Waals surface area contributed by atoms with Crippen LogP contribution in [0.25, 0.3) is 0 Å². The number of carbonyl (C=O) groups is 1. The Kier molecular flexibility index (Phi) is 4.29. The topological polar surface area (TPSA) is 70.1 Å². The number of ether oxygens (including phenoxy) is 1. The summed E-state index contributed by atoms with van der Waals surface area (Å²) in [6.07, 6.45) is 2.33. The van der Waals surface area contributed by atoms with Crippen molar-refractivity contribution < 1.29 is 9.53 Å². The van der Waals surface area contributed by atoms with E-state index in [1.165, 1.54) is 13.3 Å². The molecule has 2 aromatic rings. The highest BCUT2D eigenvalue weighted by Crippen LogP contribution is 2.25. The molecule has 0 saturated carbocycles. The van der Waals surface area contributed by atoms with E-state index >= 15 is 0 Å². The van der Waals surface area contributed by atoms with Gasteiger partial charge in [0.25, 0.3) is 0 Å². The molecule has 2 N–H and O–H groups in total. The summed E-state index contributed by atoms with van der Waals surface area (Å²) in [6.45, 7) is 2.63. The minimum absolute atomic E-state index is 0.252. The molecule has 5 nitrogen and oxygen atoms in total. The second-order valence-electron chi connectivity index (χ2n) is 4.35. The third-order valence-electron chi connectivity index (χ3n) is 2.95. The Balaban J connectivity index is 2.48. The van der Waals surface area contributed by atoms with E-state index in [0.29, 0.717) is 34.3 Å². The summed E-state index contributed by atoms with van der Waals surface area (Å²) in [5.41, 5.74) is 6.98. The molecule has 1 heterocycles. The van der Waals surface area contributed by atoms with Crippen LogP contribution >= 0.6 is 11.6 Å². The maximum atomic E-state index is 12.6. The quantitative estimate of drug-likeness (QED) is 0.680. The molecule has 0 amide bonds. The van der Waals surface area contributed by atoms with Gasteiger partial charge in [0.05, 0.1) is 23.9 Å². The molecule has 0 atom stereocenters. The Morgan fingerprint density at radius 2 is 2.25 bits per heavy atom. The van der Waals surface area contributed by atoms with Gasteiger partial charge in [-0.25, -0.2) is 0 Å². The molecular formula is C14H16ClN3O2. The summed E-state index contributed by atoms with van der Waals surface area (Å²) >= 11 is 6.08. The normalized spacial score (nSPS) is 10.6. The first-order valence-corrected chi connectivity index (χ1v) is 6.65. The number of benzene rings is 1. The number of hydrogen-bond acceptors (Lipinski definition) is 4. The van der Waals surface area contributed by atoms with Crippen LogP contribution in [0.2, 0.25) is 5.02 Å². The Morgan fingerprint density at radius 3 is 2.90 bits per heavy atom. The molecule has 0 aliphatic heterocycles. The van der Waals surface area contributed by atoms with Crippen LogP contribution in [0.1, 0.15) is 29.4 Å². The van der Waals surface area contributed by atoms with Crippen LogP contribution in [-0.4, -0.2) is 22.7 Å². The Hall–Kier alpha value is -2.01. The van der Waals surface area contributed by atoms with Gasteiger partial charge in [-0.05, 0) is 24.6 Å². The van der Waals surface area contributed by atoms with Gasteiger partial charge in [-0.15, -0.1) is 0 Å². The van der Waals surface area contributed by atoms with Crippen molar-refractivity contribution in [3.8, 4) is 5.75 Å². The van der Waals surface area contributed by atoms with Crippen molar-refractivity contribution in [3.63, 3.8) is 0 Å². The zero-order chi connectivity index (χ0) is 14.7. The van der Waals surface area contributed by atoms with E-state index in [1.54, 1.807) is 22.9 Å². The number of ketones is 1. The zero-order valence-corrected chi connectivity index (χ0v) is 12.1. The molecule has 20 heavy (non-hydrogen) atoms. The number of rotatable bonds is 5. The van der Waals surface area contributed by atoms with E-state index in [2.05, 4.69) is 5.10 Å². The molecule has 0 aliphatic carbocycles. The SMILES string of the molecule is CCCn1ncc(Cl)c1C(=O)c1cc(OC)ccc1N. The van der Waals surface area contributed by atoms with Crippen LogP contribution in [0.4, 0.5) is 5.69 Å². The predicted octanol–water partition coefficient (Wildman–Crippen LogP) is 2.77. The first-order chi connectivity index (χ1) is 9.58. The number of aromatic nitrogens is 2. The molecule has 0 saturated heterocycles. The number of nitrogens with two attached hydrogens (primary N) is 1. The van der Waals surface area contributed by atoms with Gasteiger partial charge in [0.15, 0.2) is 0 Å². The zero-order valence-electron chi connectivity index (χ0n) is 11.4. The molecule has 0 fully saturated rings. The van der Waals surface area contributed by atoms with Gasteiger partial charge in [-0.3, -0.25) is 9.48 Å². The molecule has 2 rings (SSSR count). The Morgan fingerprint density at radius 1 is 1.50 bits per heavy atom. The molecular weight excluding hydrogens is 278 g/mol. The van der Waals surface area contributed by atoms with Gasteiger partial charge in [0.1, 0.15) is 11.4 Å². The highest BCUT2D eigenvalue weighted by Gasteiger charge is 2.21. The van der Waals surface area contributed by atoms with Crippen molar-refractivity contribution in [2.45, 2.75) is 19.9 Å². The van der Waals surface area contributed by atoms with E-state index in [1.807, 2.05) is 6.92 Å². The van der Waals surface area contributed by atoms with Crippen molar-refractivity contribution in [2.24, 2.45) is 0 Å². The lowest BCUT2D eigenvalue weighted by atomic mass is 10.1. The summed E-state index contributed by atoms with van der Waals surface area (Å²) in [7, 11) is 1.54. The maximum absolute atomic E-state index is 12.6. The van der Waals surface area contributed by atoms with Gasteiger partial charge in [-0.1, -0.05) is 18.5 Å². The average Bonchev–Trinajstić information content (AvgIpc) is 2.80. The van der Waals surface area contributed by atoms with Crippen LogP contribution < -0.4 is 10.5 Å².